The van der Waals surface area contributed by atoms with Crippen LogP contribution in [0.25, 0.3) is 10.9 Å². The first-order chi connectivity index (χ1) is 18.4. The van der Waals surface area contributed by atoms with Crippen molar-refractivity contribution in [2.45, 2.75) is 51.4 Å². The lowest BCUT2D eigenvalue weighted by molar-refractivity contribution is -0.134. The molecule has 1 aromatic heterocycles. The van der Waals surface area contributed by atoms with Crippen LogP contribution in [0, 0.1) is 36.8 Å². The van der Waals surface area contributed by atoms with E-state index in [0.29, 0.717) is 11.8 Å². The van der Waals surface area contributed by atoms with Gasteiger partial charge in [0, 0.05) is 30.1 Å². The highest BCUT2D eigenvalue weighted by Crippen LogP contribution is 2.28. The summed E-state index contributed by atoms with van der Waals surface area (Å²) in [5.41, 5.74) is -0.410. The van der Waals surface area contributed by atoms with Gasteiger partial charge in [-0.1, -0.05) is 24.1 Å². The van der Waals surface area contributed by atoms with E-state index in [-0.39, 0.29) is 41.9 Å². The van der Waals surface area contributed by atoms with Gasteiger partial charge in [-0.25, -0.2) is 13.2 Å². The maximum absolute atomic E-state index is 14.7. The molecule has 1 saturated heterocycles. The van der Waals surface area contributed by atoms with Gasteiger partial charge in [-0.2, -0.15) is 0 Å². The van der Waals surface area contributed by atoms with Crippen molar-refractivity contribution < 1.29 is 27.6 Å². The second kappa shape index (κ2) is 10.8. The number of terminal acetylenes is 1. The van der Waals surface area contributed by atoms with Gasteiger partial charge in [0.2, 0.25) is 11.8 Å². The number of aryl methyl sites for hydroxylation is 1. The summed E-state index contributed by atoms with van der Waals surface area (Å²) in [6, 6.07) is 8.10. The minimum absolute atomic E-state index is 0.00954. The van der Waals surface area contributed by atoms with Crippen LogP contribution in [0.3, 0.4) is 0 Å². The van der Waals surface area contributed by atoms with Crippen LogP contribution in [0.15, 0.2) is 42.5 Å². The highest BCUT2D eigenvalue weighted by Gasteiger charge is 2.42. The quantitative estimate of drug-likeness (QED) is 0.387. The molecule has 1 aliphatic rings. The number of nitrogens with one attached hydrogen (secondary N) is 3. The number of amides is 3. The van der Waals surface area contributed by atoms with Gasteiger partial charge in [0.25, 0.3) is 5.91 Å². The van der Waals surface area contributed by atoms with Crippen LogP contribution in [0.4, 0.5) is 18.9 Å². The number of nitrogens with zero attached hydrogens (tertiary/aromatic N) is 1. The molecule has 3 atom stereocenters. The number of halogens is 3. The molecule has 1 aliphatic heterocycles. The molecule has 2 heterocycles. The fourth-order valence-corrected chi connectivity index (χ4v) is 4.78. The van der Waals surface area contributed by atoms with Crippen LogP contribution in [0.5, 0.6) is 0 Å². The van der Waals surface area contributed by atoms with E-state index in [1.165, 1.54) is 24.8 Å². The van der Waals surface area contributed by atoms with E-state index in [9.17, 15) is 27.6 Å². The molecule has 2 aromatic carbocycles. The first kappa shape index (κ1) is 27.8. The number of benzene rings is 2. The Morgan fingerprint density at radius 3 is 2.59 bits per heavy atom. The van der Waals surface area contributed by atoms with Crippen molar-refractivity contribution in [1.82, 2.24) is 15.2 Å². The monoisotopic (exact) mass is 538 g/mol. The van der Waals surface area contributed by atoms with Crippen LogP contribution in [0.1, 0.15) is 42.7 Å². The molecular weight excluding hydrogens is 509 g/mol. The van der Waals surface area contributed by atoms with Crippen LogP contribution >= 0.6 is 0 Å². The average molecular weight is 539 g/mol. The second-order valence-electron chi connectivity index (χ2n) is 10.4. The number of alkyl halides is 1. The van der Waals surface area contributed by atoms with Gasteiger partial charge >= 0.3 is 0 Å². The summed E-state index contributed by atoms with van der Waals surface area (Å²) in [4.78, 5) is 43.6. The molecular formula is C29H29F3N4O3. The number of H-pyrrole nitrogens is 1. The van der Waals surface area contributed by atoms with Crippen LogP contribution in [0.2, 0.25) is 0 Å². The minimum atomic E-state index is -1.85. The number of fused-ring (bicyclic) bond motifs is 1. The fraction of sp³-hybridized carbons (Fsp3) is 0.345. The van der Waals surface area contributed by atoms with E-state index < -0.39 is 47.1 Å². The molecule has 4 rings (SSSR count). The summed E-state index contributed by atoms with van der Waals surface area (Å²) >= 11 is 0. The number of carbonyl (C=O) groups is 3. The SMILES string of the molecule is C#C[C@@H]1C[C@H](C(=O)Nc2ccccc2C)CN1C(=O)[C@H](CC(C)(C)F)NC(=O)c1cc2c(F)cc(F)cc2[nH]1. The second-order valence-corrected chi connectivity index (χ2v) is 10.4. The van der Waals surface area contributed by atoms with Crippen molar-refractivity contribution in [2.75, 3.05) is 11.9 Å². The zero-order valence-corrected chi connectivity index (χ0v) is 21.8. The number of carbonyl (C=O) groups excluding carboxylic acids is 3. The van der Waals surface area contributed by atoms with Gasteiger partial charge in [-0.05, 0) is 51.0 Å². The van der Waals surface area contributed by atoms with Gasteiger partial charge in [0.15, 0.2) is 0 Å². The predicted molar refractivity (Wildman–Crippen MR) is 142 cm³/mol. The molecule has 39 heavy (non-hydrogen) atoms. The minimum Gasteiger partial charge on any atom is -0.350 e. The molecule has 10 heteroatoms. The lowest BCUT2D eigenvalue weighted by Crippen LogP contribution is -2.52. The largest absolute Gasteiger partial charge is 0.350 e. The number of anilines is 1. The average Bonchev–Trinajstić information content (AvgIpc) is 3.48. The summed E-state index contributed by atoms with van der Waals surface area (Å²) in [7, 11) is 0. The van der Waals surface area contributed by atoms with E-state index >= 15 is 0 Å². The molecule has 7 nitrogen and oxygen atoms in total. The third kappa shape index (κ3) is 6.25. The van der Waals surface area contributed by atoms with Crippen molar-refractivity contribution in [3.8, 4) is 12.3 Å². The standard InChI is InChI=1S/C29H29F3N4O3/c1-5-19-10-17(26(37)34-22-9-7-6-8-16(22)2)15-36(19)28(39)25(14-29(3,4)32)35-27(38)24-13-20-21(31)11-18(30)12-23(20)33-24/h1,6-9,11-13,17,19,25,33H,10,14-15H2,2-4H3,(H,34,37)(H,35,38)/t17-,19+,25-/m0/s1. The van der Waals surface area contributed by atoms with E-state index in [4.69, 9.17) is 6.42 Å². The molecule has 0 saturated carbocycles. The Morgan fingerprint density at radius 2 is 1.92 bits per heavy atom. The van der Waals surface area contributed by atoms with Gasteiger partial charge < -0.3 is 20.5 Å². The summed E-state index contributed by atoms with van der Waals surface area (Å²) in [5.74, 6) is -1.53. The van der Waals surface area contributed by atoms with E-state index in [1.807, 2.05) is 19.1 Å². The van der Waals surface area contributed by atoms with Crippen LogP contribution in [-0.4, -0.2) is 51.9 Å². The number of hydrogen-bond acceptors (Lipinski definition) is 3. The fourth-order valence-electron chi connectivity index (χ4n) is 4.78. The Labute approximate surface area is 224 Å². The van der Waals surface area contributed by atoms with E-state index in [2.05, 4.69) is 21.5 Å². The zero-order valence-electron chi connectivity index (χ0n) is 21.8. The predicted octanol–water partition coefficient (Wildman–Crippen LogP) is 4.48. The number of aromatic amines is 1. The Kier molecular flexibility index (Phi) is 7.72. The maximum atomic E-state index is 14.7. The van der Waals surface area contributed by atoms with Crippen molar-refractivity contribution >= 4 is 34.3 Å². The first-order valence-electron chi connectivity index (χ1n) is 12.5. The summed E-state index contributed by atoms with van der Waals surface area (Å²) in [6.07, 6.45) is 5.50. The smallest absolute Gasteiger partial charge is 0.268 e. The lowest BCUT2D eigenvalue weighted by atomic mass is 9.99. The number of hydrogen-bond donors (Lipinski definition) is 3. The summed E-state index contributed by atoms with van der Waals surface area (Å²) in [5, 5.41) is 5.36. The maximum Gasteiger partial charge on any atom is 0.268 e. The molecule has 204 valence electrons. The van der Waals surface area contributed by atoms with Crippen molar-refractivity contribution in [3.05, 3.63) is 65.4 Å². The van der Waals surface area contributed by atoms with Gasteiger partial charge in [-0.15, -0.1) is 6.42 Å². The van der Waals surface area contributed by atoms with Crippen molar-refractivity contribution in [2.24, 2.45) is 5.92 Å². The highest BCUT2D eigenvalue weighted by atomic mass is 19.1. The Balaban J connectivity index is 1.53. The number of likely N-dealkylation sites (tertiary alicyclic amines) is 1. The Hall–Kier alpha value is -4.26. The number of rotatable bonds is 7. The molecule has 3 aromatic rings. The zero-order chi connectivity index (χ0) is 28.5. The Bertz CT molecular complexity index is 1470. The number of para-hydroxylation sites is 1. The van der Waals surface area contributed by atoms with Crippen molar-refractivity contribution in [3.63, 3.8) is 0 Å². The molecule has 0 aliphatic carbocycles. The molecule has 0 spiro atoms. The van der Waals surface area contributed by atoms with Crippen LogP contribution < -0.4 is 10.6 Å². The molecule has 0 radical (unpaired) electrons. The van der Waals surface area contributed by atoms with E-state index in [0.717, 1.165) is 11.6 Å². The molecule has 1 fully saturated rings. The highest BCUT2D eigenvalue weighted by molar-refractivity contribution is 6.00. The Morgan fingerprint density at radius 1 is 1.21 bits per heavy atom. The first-order valence-corrected chi connectivity index (χ1v) is 12.5. The molecule has 3 N–H and O–H groups in total. The summed E-state index contributed by atoms with van der Waals surface area (Å²) in [6.45, 7) is 4.37. The number of aromatic nitrogens is 1. The van der Waals surface area contributed by atoms with E-state index in [1.54, 1.807) is 12.1 Å². The third-order valence-electron chi connectivity index (χ3n) is 6.74. The molecule has 0 bridgehead atoms. The topological polar surface area (TPSA) is 94.3 Å². The lowest BCUT2D eigenvalue weighted by Gasteiger charge is -2.29. The third-order valence-corrected chi connectivity index (χ3v) is 6.74. The summed E-state index contributed by atoms with van der Waals surface area (Å²) < 4.78 is 42.5. The van der Waals surface area contributed by atoms with Crippen molar-refractivity contribution in [1.29, 1.82) is 0 Å². The normalized spacial score (nSPS) is 18.0. The van der Waals surface area contributed by atoms with Gasteiger partial charge in [0.05, 0.1) is 17.5 Å². The molecule has 3 amide bonds. The molecule has 0 unspecified atom stereocenters. The van der Waals surface area contributed by atoms with Gasteiger partial charge in [0.1, 0.15) is 29.0 Å². The van der Waals surface area contributed by atoms with Crippen LogP contribution in [-0.2, 0) is 9.59 Å². The van der Waals surface area contributed by atoms with Gasteiger partial charge in [-0.3, -0.25) is 14.4 Å².